The highest BCUT2D eigenvalue weighted by molar-refractivity contribution is 6.16. The lowest BCUT2D eigenvalue weighted by Gasteiger charge is -2.32. The molecule has 1 aliphatic carbocycles. The maximum absolute atomic E-state index is 13.6. The molecule has 8 heteroatoms. The molecule has 5 rings (SSSR count). The molecule has 0 atom stereocenters. The molecule has 4 aliphatic rings. The number of hydrogen-bond donors (Lipinski definition) is 0. The third-order valence-electron chi connectivity index (χ3n) is 7.30. The Labute approximate surface area is 194 Å². The lowest BCUT2D eigenvalue weighted by atomic mass is 9.91. The molecular weight excluding hydrogens is 422 g/mol. The van der Waals surface area contributed by atoms with Crippen molar-refractivity contribution in [3.63, 3.8) is 0 Å². The quantitative estimate of drug-likeness (QED) is 0.616. The molecule has 0 spiro atoms. The van der Waals surface area contributed by atoms with E-state index in [0.29, 0.717) is 43.4 Å². The van der Waals surface area contributed by atoms with E-state index >= 15 is 0 Å². The fourth-order valence-corrected chi connectivity index (χ4v) is 5.39. The minimum absolute atomic E-state index is 0.132. The van der Waals surface area contributed by atoms with Gasteiger partial charge in [0.1, 0.15) is 0 Å². The minimum Gasteiger partial charge on any atom is -0.493 e. The van der Waals surface area contributed by atoms with Crippen LogP contribution in [-0.4, -0.2) is 72.3 Å². The van der Waals surface area contributed by atoms with Crippen LogP contribution < -0.4 is 9.47 Å². The van der Waals surface area contributed by atoms with E-state index in [4.69, 9.17) is 14.3 Å². The number of hydrogen-bond acceptors (Lipinski definition) is 6. The van der Waals surface area contributed by atoms with Gasteiger partial charge in [0.15, 0.2) is 11.5 Å². The lowest BCUT2D eigenvalue weighted by molar-refractivity contribution is -0.170. The van der Waals surface area contributed by atoms with Gasteiger partial charge >= 0.3 is 0 Å². The highest BCUT2D eigenvalue weighted by Crippen LogP contribution is 2.37. The van der Waals surface area contributed by atoms with E-state index in [1.165, 1.54) is 12.8 Å². The largest absolute Gasteiger partial charge is 0.493 e. The second-order valence-corrected chi connectivity index (χ2v) is 9.52. The number of amides is 2. The van der Waals surface area contributed by atoms with Gasteiger partial charge in [-0.2, -0.15) is 0 Å². The van der Waals surface area contributed by atoms with E-state index in [9.17, 15) is 9.59 Å². The summed E-state index contributed by atoms with van der Waals surface area (Å²) in [6.45, 7) is 2.64. The summed E-state index contributed by atoms with van der Waals surface area (Å²) in [5.41, 5.74) is -0.223. The van der Waals surface area contributed by atoms with E-state index < -0.39 is 5.60 Å². The fourth-order valence-electron chi connectivity index (χ4n) is 5.39. The van der Waals surface area contributed by atoms with Crippen LogP contribution in [0.2, 0.25) is 0 Å². The van der Waals surface area contributed by atoms with Gasteiger partial charge in [0.2, 0.25) is 0 Å². The van der Waals surface area contributed by atoms with Crippen molar-refractivity contribution in [2.45, 2.75) is 69.5 Å². The Morgan fingerprint density at radius 1 is 0.939 bits per heavy atom. The predicted octanol–water partition coefficient (Wildman–Crippen LogP) is 3.12. The summed E-state index contributed by atoms with van der Waals surface area (Å²) in [6.07, 6.45) is 8.55. The molecule has 0 bridgehead atoms. The number of carbonyl (C=O) groups is 2. The Morgan fingerprint density at radius 2 is 1.55 bits per heavy atom. The maximum Gasteiger partial charge on any atom is 0.297 e. The molecular formula is C25H33N3O5. The zero-order valence-electron chi connectivity index (χ0n) is 19.4. The molecule has 0 radical (unpaired) electrons. The van der Waals surface area contributed by atoms with Gasteiger partial charge in [0.25, 0.3) is 17.4 Å². The zero-order valence-corrected chi connectivity index (χ0v) is 19.4. The third kappa shape index (κ3) is 4.15. The molecule has 2 saturated heterocycles. The first-order chi connectivity index (χ1) is 16.1. The zero-order chi connectivity index (χ0) is 22.8. The van der Waals surface area contributed by atoms with Crippen molar-refractivity contribution in [3.05, 3.63) is 23.8 Å². The van der Waals surface area contributed by atoms with Gasteiger partial charge in [-0.25, -0.2) is 0 Å². The van der Waals surface area contributed by atoms with Gasteiger partial charge < -0.3 is 24.1 Å². The molecule has 0 unspecified atom stereocenters. The summed E-state index contributed by atoms with van der Waals surface area (Å²) in [7, 11) is 1.63. The molecule has 0 aromatic heterocycles. The van der Waals surface area contributed by atoms with Crippen molar-refractivity contribution in [1.29, 1.82) is 0 Å². The minimum atomic E-state index is -1.60. The molecule has 1 aromatic rings. The van der Waals surface area contributed by atoms with Crippen LogP contribution in [0.5, 0.6) is 11.5 Å². The van der Waals surface area contributed by atoms with Crippen LogP contribution in [0, 0.1) is 0 Å². The number of rotatable bonds is 6. The van der Waals surface area contributed by atoms with E-state index in [-0.39, 0.29) is 24.3 Å². The molecule has 1 saturated carbocycles. The first-order valence-corrected chi connectivity index (χ1v) is 12.3. The van der Waals surface area contributed by atoms with Crippen molar-refractivity contribution in [1.82, 2.24) is 9.80 Å². The van der Waals surface area contributed by atoms with Crippen molar-refractivity contribution < 1.29 is 23.9 Å². The van der Waals surface area contributed by atoms with Crippen LogP contribution in [0.3, 0.4) is 0 Å². The average Bonchev–Trinajstić information content (AvgIpc) is 3.65. The number of likely N-dealkylation sites (tertiary alicyclic amines) is 2. The van der Waals surface area contributed by atoms with Crippen molar-refractivity contribution in [3.8, 4) is 11.5 Å². The molecule has 3 heterocycles. The van der Waals surface area contributed by atoms with Crippen molar-refractivity contribution >= 4 is 17.5 Å². The predicted molar refractivity (Wildman–Crippen MR) is 122 cm³/mol. The second kappa shape index (κ2) is 9.23. The number of ether oxygens (including phenoxy) is 2. The van der Waals surface area contributed by atoms with Gasteiger partial charge in [0, 0.05) is 31.7 Å². The van der Waals surface area contributed by atoms with Crippen LogP contribution >= 0.6 is 0 Å². The summed E-state index contributed by atoms with van der Waals surface area (Å²) in [4.78, 5) is 36.5. The topological polar surface area (TPSA) is 80.7 Å². The SMILES string of the molecule is COc1ccc(C2=NOC(C(=O)N3CCCC3)(C(=O)N3CCCC3)C2)cc1OC1CCCC1. The monoisotopic (exact) mass is 455 g/mol. The molecule has 3 aliphatic heterocycles. The van der Waals surface area contributed by atoms with Crippen LogP contribution in [-0.2, 0) is 14.4 Å². The smallest absolute Gasteiger partial charge is 0.297 e. The van der Waals surface area contributed by atoms with Crippen molar-refractivity contribution in [2.24, 2.45) is 5.16 Å². The Morgan fingerprint density at radius 3 is 2.12 bits per heavy atom. The van der Waals surface area contributed by atoms with Crippen LogP contribution in [0.1, 0.15) is 63.4 Å². The first-order valence-electron chi connectivity index (χ1n) is 12.3. The van der Waals surface area contributed by atoms with Crippen molar-refractivity contribution in [2.75, 3.05) is 33.3 Å². The van der Waals surface area contributed by atoms with Gasteiger partial charge in [-0.1, -0.05) is 5.16 Å². The summed E-state index contributed by atoms with van der Waals surface area (Å²) in [5.74, 6) is 0.815. The van der Waals surface area contributed by atoms with E-state index in [2.05, 4.69) is 5.16 Å². The van der Waals surface area contributed by atoms with Crippen LogP contribution in [0.4, 0.5) is 0 Å². The Bertz CT molecular complexity index is 900. The maximum atomic E-state index is 13.6. The summed E-state index contributed by atoms with van der Waals surface area (Å²) in [5, 5.41) is 4.30. The molecule has 0 N–H and O–H groups in total. The van der Waals surface area contributed by atoms with Gasteiger partial charge in [-0.15, -0.1) is 0 Å². The Hall–Kier alpha value is -2.77. The van der Waals surface area contributed by atoms with Gasteiger partial charge in [0.05, 0.1) is 25.3 Å². The van der Waals surface area contributed by atoms with E-state index in [0.717, 1.165) is 44.1 Å². The molecule has 33 heavy (non-hydrogen) atoms. The number of methoxy groups -OCH3 is 1. The van der Waals surface area contributed by atoms with E-state index in [1.807, 2.05) is 18.2 Å². The first kappa shape index (κ1) is 22.0. The normalized spacial score (nSPS) is 22.4. The molecule has 8 nitrogen and oxygen atoms in total. The van der Waals surface area contributed by atoms with Gasteiger partial charge in [-0.05, 0) is 69.6 Å². The Balaban J connectivity index is 1.41. The molecule has 3 fully saturated rings. The fraction of sp³-hybridized carbons (Fsp3) is 0.640. The Kier molecular flexibility index (Phi) is 6.17. The third-order valence-corrected chi connectivity index (χ3v) is 7.30. The summed E-state index contributed by atoms with van der Waals surface area (Å²) < 4.78 is 11.7. The van der Waals surface area contributed by atoms with Crippen LogP contribution in [0.15, 0.2) is 23.4 Å². The molecule has 2 amide bonds. The standard InChI is InChI=1S/C25H33N3O5/c1-31-21-11-10-18(16-22(21)32-19-8-2-3-9-19)20-17-25(33-26-20,23(29)27-12-4-5-13-27)24(30)28-14-6-7-15-28/h10-11,16,19H,2-9,12-15,17H2,1H3. The summed E-state index contributed by atoms with van der Waals surface area (Å²) in [6, 6.07) is 5.64. The number of nitrogens with zero attached hydrogens (tertiary/aromatic N) is 3. The average molecular weight is 456 g/mol. The summed E-state index contributed by atoms with van der Waals surface area (Å²) >= 11 is 0. The molecule has 1 aromatic carbocycles. The number of oxime groups is 1. The van der Waals surface area contributed by atoms with Crippen LogP contribution in [0.25, 0.3) is 0 Å². The molecule has 178 valence electrons. The van der Waals surface area contributed by atoms with Gasteiger partial charge in [-0.3, -0.25) is 9.59 Å². The van der Waals surface area contributed by atoms with E-state index in [1.54, 1.807) is 16.9 Å². The second-order valence-electron chi connectivity index (χ2n) is 9.52. The lowest BCUT2D eigenvalue weighted by Crippen LogP contribution is -2.58. The highest BCUT2D eigenvalue weighted by atomic mass is 16.7. The number of benzene rings is 1. The number of carbonyl (C=O) groups excluding carboxylic acids is 2. The highest BCUT2D eigenvalue weighted by Gasteiger charge is 2.57.